The first-order valence-corrected chi connectivity index (χ1v) is 6.68. The van der Waals surface area contributed by atoms with Gasteiger partial charge in [-0.25, -0.2) is 9.78 Å². The van der Waals surface area contributed by atoms with Crippen LogP contribution >= 0.6 is 0 Å². The summed E-state index contributed by atoms with van der Waals surface area (Å²) >= 11 is 0. The molecule has 0 saturated carbocycles. The van der Waals surface area contributed by atoms with Crippen molar-refractivity contribution in [3.05, 3.63) is 30.0 Å². The van der Waals surface area contributed by atoms with Crippen molar-refractivity contribution in [2.75, 3.05) is 11.9 Å². The molecule has 3 rings (SSSR count). The van der Waals surface area contributed by atoms with Crippen molar-refractivity contribution in [1.82, 2.24) is 20.0 Å². The fraction of sp³-hybridized carbons (Fsp3) is 0.462. The maximum absolute atomic E-state index is 11.8. The zero-order valence-electron chi connectivity index (χ0n) is 11.3. The smallest absolute Gasteiger partial charge is 0.320 e. The maximum atomic E-state index is 11.8. The quantitative estimate of drug-likeness (QED) is 0.890. The Morgan fingerprint density at radius 3 is 3.30 bits per heavy atom. The van der Waals surface area contributed by atoms with E-state index in [-0.39, 0.29) is 6.03 Å². The van der Waals surface area contributed by atoms with Gasteiger partial charge in [0.05, 0.1) is 0 Å². The molecule has 20 heavy (non-hydrogen) atoms. The van der Waals surface area contributed by atoms with E-state index >= 15 is 0 Å². The first-order chi connectivity index (χ1) is 9.72. The van der Waals surface area contributed by atoms with Crippen LogP contribution in [-0.2, 0) is 13.0 Å². The van der Waals surface area contributed by atoms with Gasteiger partial charge in [0, 0.05) is 37.5 Å². The van der Waals surface area contributed by atoms with Gasteiger partial charge in [-0.1, -0.05) is 5.16 Å². The number of nitrogens with zero attached hydrogens (tertiary/aromatic N) is 3. The van der Waals surface area contributed by atoms with Crippen molar-refractivity contribution in [2.24, 2.45) is 5.92 Å². The SMILES string of the molecule is Cc1conc1NC(=O)NC[C@@H]1CCn2ccnc2C1. The number of hydrogen-bond donors (Lipinski definition) is 2. The number of aryl methyl sites for hydroxylation is 2. The Morgan fingerprint density at radius 1 is 1.60 bits per heavy atom. The molecule has 0 aliphatic carbocycles. The van der Waals surface area contributed by atoms with E-state index in [2.05, 4.69) is 25.3 Å². The van der Waals surface area contributed by atoms with Crippen LogP contribution < -0.4 is 10.6 Å². The summed E-state index contributed by atoms with van der Waals surface area (Å²) in [4.78, 5) is 16.1. The molecule has 2 N–H and O–H groups in total. The van der Waals surface area contributed by atoms with Gasteiger partial charge in [0.2, 0.25) is 0 Å². The number of urea groups is 1. The second-order valence-electron chi connectivity index (χ2n) is 5.08. The third-order valence-electron chi connectivity index (χ3n) is 3.58. The van der Waals surface area contributed by atoms with Crippen molar-refractivity contribution in [3.8, 4) is 0 Å². The summed E-state index contributed by atoms with van der Waals surface area (Å²) in [5.41, 5.74) is 0.805. The summed E-state index contributed by atoms with van der Waals surface area (Å²) in [6.45, 7) is 3.42. The second kappa shape index (κ2) is 5.36. The van der Waals surface area contributed by atoms with Crippen LogP contribution in [0.4, 0.5) is 10.6 Å². The number of fused-ring (bicyclic) bond motifs is 1. The molecule has 0 radical (unpaired) electrons. The van der Waals surface area contributed by atoms with Crippen LogP contribution in [-0.4, -0.2) is 27.3 Å². The number of hydrogen-bond acceptors (Lipinski definition) is 4. The van der Waals surface area contributed by atoms with E-state index in [1.54, 1.807) is 0 Å². The molecule has 1 aliphatic heterocycles. The standard InChI is InChI=1S/C13H17N5O2/c1-9-8-20-17-12(9)16-13(19)15-7-10-2-4-18-5-3-14-11(18)6-10/h3,5,8,10H,2,4,6-7H2,1H3,(H2,15,16,17,19)/t10-/m1/s1. The van der Waals surface area contributed by atoms with E-state index in [4.69, 9.17) is 4.52 Å². The minimum atomic E-state index is -0.254. The van der Waals surface area contributed by atoms with E-state index in [0.29, 0.717) is 18.3 Å². The van der Waals surface area contributed by atoms with Gasteiger partial charge >= 0.3 is 6.03 Å². The summed E-state index contributed by atoms with van der Waals surface area (Å²) in [6.07, 6.45) is 7.27. The van der Waals surface area contributed by atoms with Gasteiger partial charge in [0.15, 0.2) is 5.82 Å². The maximum Gasteiger partial charge on any atom is 0.320 e. The Kier molecular flexibility index (Phi) is 3.41. The molecule has 2 aromatic heterocycles. The van der Waals surface area contributed by atoms with Gasteiger partial charge in [0.25, 0.3) is 0 Å². The highest BCUT2D eigenvalue weighted by atomic mass is 16.5. The number of carbonyl (C=O) groups is 1. The third kappa shape index (κ3) is 2.66. The van der Waals surface area contributed by atoms with Crippen LogP contribution in [0.3, 0.4) is 0 Å². The van der Waals surface area contributed by atoms with Crippen LogP contribution in [0.1, 0.15) is 17.8 Å². The van der Waals surface area contributed by atoms with Crippen molar-refractivity contribution in [1.29, 1.82) is 0 Å². The van der Waals surface area contributed by atoms with Crippen molar-refractivity contribution in [3.63, 3.8) is 0 Å². The molecule has 2 aromatic rings. The fourth-order valence-corrected chi connectivity index (χ4v) is 2.39. The van der Waals surface area contributed by atoms with Crippen molar-refractivity contribution >= 4 is 11.8 Å². The summed E-state index contributed by atoms with van der Waals surface area (Å²) < 4.78 is 6.93. The monoisotopic (exact) mass is 275 g/mol. The minimum absolute atomic E-state index is 0.254. The molecule has 7 heteroatoms. The highest BCUT2D eigenvalue weighted by molar-refractivity contribution is 5.88. The predicted molar refractivity (Wildman–Crippen MR) is 72.3 cm³/mol. The van der Waals surface area contributed by atoms with E-state index in [0.717, 1.165) is 30.8 Å². The van der Waals surface area contributed by atoms with E-state index < -0.39 is 0 Å². The Bertz CT molecular complexity index is 603. The van der Waals surface area contributed by atoms with Gasteiger partial charge in [-0.05, 0) is 19.3 Å². The van der Waals surface area contributed by atoms with E-state index in [1.165, 1.54) is 6.26 Å². The number of amides is 2. The molecule has 7 nitrogen and oxygen atoms in total. The molecule has 1 aliphatic rings. The van der Waals surface area contributed by atoms with Crippen LogP contribution in [0.25, 0.3) is 0 Å². The average Bonchev–Trinajstić information content (AvgIpc) is 3.05. The predicted octanol–water partition coefficient (Wildman–Crippen LogP) is 1.56. The molecule has 0 bridgehead atoms. The van der Waals surface area contributed by atoms with Gasteiger partial charge < -0.3 is 14.4 Å². The zero-order valence-corrected chi connectivity index (χ0v) is 11.3. The summed E-state index contributed by atoms with van der Waals surface area (Å²) in [6, 6.07) is -0.254. The normalized spacial score (nSPS) is 17.6. The largest absolute Gasteiger partial charge is 0.362 e. The van der Waals surface area contributed by atoms with Crippen LogP contribution in [0.15, 0.2) is 23.2 Å². The lowest BCUT2D eigenvalue weighted by molar-refractivity contribution is 0.248. The van der Waals surface area contributed by atoms with E-state index in [1.807, 2.05) is 19.3 Å². The molecule has 0 aromatic carbocycles. The van der Waals surface area contributed by atoms with Gasteiger partial charge in [-0.3, -0.25) is 5.32 Å². The summed E-state index contributed by atoms with van der Waals surface area (Å²) in [5, 5.41) is 9.25. The Hall–Kier alpha value is -2.31. The lowest BCUT2D eigenvalue weighted by Gasteiger charge is -2.23. The lowest BCUT2D eigenvalue weighted by Crippen LogP contribution is -2.36. The molecule has 3 heterocycles. The third-order valence-corrected chi connectivity index (χ3v) is 3.58. The number of rotatable bonds is 3. The Labute approximate surface area is 116 Å². The average molecular weight is 275 g/mol. The highest BCUT2D eigenvalue weighted by Crippen LogP contribution is 2.18. The van der Waals surface area contributed by atoms with Crippen molar-refractivity contribution < 1.29 is 9.32 Å². The van der Waals surface area contributed by atoms with E-state index in [9.17, 15) is 4.79 Å². The Morgan fingerprint density at radius 2 is 2.50 bits per heavy atom. The lowest BCUT2D eigenvalue weighted by atomic mass is 9.98. The second-order valence-corrected chi connectivity index (χ2v) is 5.08. The number of carbonyl (C=O) groups excluding carboxylic acids is 1. The van der Waals surface area contributed by atoms with Gasteiger partial charge in [-0.15, -0.1) is 0 Å². The Balaban J connectivity index is 1.48. The summed E-state index contributed by atoms with van der Waals surface area (Å²) in [5.74, 6) is 1.98. The van der Waals surface area contributed by atoms with Gasteiger partial charge in [0.1, 0.15) is 12.1 Å². The zero-order chi connectivity index (χ0) is 13.9. The number of anilines is 1. The minimum Gasteiger partial charge on any atom is -0.362 e. The number of aromatic nitrogens is 3. The van der Waals surface area contributed by atoms with Gasteiger partial charge in [-0.2, -0.15) is 0 Å². The van der Waals surface area contributed by atoms with Crippen molar-refractivity contribution in [2.45, 2.75) is 26.3 Å². The molecule has 2 amide bonds. The number of nitrogens with one attached hydrogen (secondary N) is 2. The van der Waals surface area contributed by atoms with Crippen LogP contribution in [0, 0.1) is 12.8 Å². The molecule has 0 spiro atoms. The molecule has 1 atom stereocenters. The topological polar surface area (TPSA) is 85.0 Å². The molecular weight excluding hydrogens is 258 g/mol. The fourth-order valence-electron chi connectivity index (χ4n) is 2.39. The molecule has 0 fully saturated rings. The molecular formula is C13H17N5O2. The van der Waals surface area contributed by atoms with Crippen LogP contribution in [0.2, 0.25) is 0 Å². The molecule has 0 unspecified atom stereocenters. The molecule has 106 valence electrons. The molecule has 0 saturated heterocycles. The first kappa shape index (κ1) is 12.7. The number of imidazole rings is 1. The first-order valence-electron chi connectivity index (χ1n) is 6.68. The van der Waals surface area contributed by atoms with Crippen LogP contribution in [0.5, 0.6) is 0 Å². The highest BCUT2D eigenvalue weighted by Gasteiger charge is 2.19. The summed E-state index contributed by atoms with van der Waals surface area (Å²) in [7, 11) is 0.